The van der Waals surface area contributed by atoms with Gasteiger partial charge >= 0.3 is 6.48 Å². The second-order valence-corrected chi connectivity index (χ2v) is 7.45. The van der Waals surface area contributed by atoms with E-state index < -0.39 is 6.48 Å². The van der Waals surface area contributed by atoms with Crippen molar-refractivity contribution in [2.75, 3.05) is 0 Å². The summed E-state index contributed by atoms with van der Waals surface area (Å²) in [6, 6.07) is 36.1. The third-order valence-corrected chi connectivity index (χ3v) is 6.00. The van der Waals surface area contributed by atoms with E-state index in [0.29, 0.717) is 0 Å². The third kappa shape index (κ3) is 1.96. The van der Waals surface area contributed by atoms with Gasteiger partial charge in [0.05, 0.1) is 11.3 Å². The Bertz CT molecular complexity index is 1200. The fourth-order valence-electron chi connectivity index (χ4n) is 4.84. The summed E-state index contributed by atoms with van der Waals surface area (Å²) in [4.78, 5) is 0. The first-order valence-corrected chi connectivity index (χ1v) is 9.69. The first-order valence-electron chi connectivity index (χ1n) is 9.69. The Morgan fingerprint density at radius 1 is 0.571 bits per heavy atom. The molecule has 0 radical (unpaired) electrons. The van der Waals surface area contributed by atoms with Gasteiger partial charge in [-0.25, -0.2) is 0 Å². The molecule has 2 aliphatic rings. The van der Waals surface area contributed by atoms with Crippen molar-refractivity contribution in [1.29, 1.82) is 0 Å². The Morgan fingerprint density at radius 3 is 1.86 bits per heavy atom. The molecule has 2 aliphatic heterocycles. The first-order chi connectivity index (χ1) is 13.9. The summed E-state index contributed by atoms with van der Waals surface area (Å²) < 4.78 is 9.30. The molecule has 0 aliphatic carbocycles. The van der Waals surface area contributed by atoms with E-state index >= 15 is 0 Å². The van der Waals surface area contributed by atoms with Crippen molar-refractivity contribution in [2.24, 2.45) is 0 Å². The van der Waals surface area contributed by atoms with Gasteiger partial charge in [0, 0.05) is 12.1 Å². The molecule has 2 heterocycles. The highest BCUT2D eigenvalue weighted by atomic mass is 16.5. The maximum absolute atomic E-state index is 6.96. The molecule has 0 amide bonds. The third-order valence-electron chi connectivity index (χ3n) is 6.00. The summed E-state index contributed by atoms with van der Waals surface area (Å²) in [6.45, 7) is -1.61. The van der Waals surface area contributed by atoms with Gasteiger partial charge in [-0.05, 0) is 23.3 Å². The van der Waals surface area contributed by atoms with Crippen LogP contribution in [0.25, 0.3) is 11.1 Å². The van der Waals surface area contributed by atoms with Gasteiger partial charge in [-0.2, -0.15) is 0 Å². The topological polar surface area (TPSA) is 12.2 Å². The average Bonchev–Trinajstić information content (AvgIpc) is 3.05. The molecule has 4 aromatic carbocycles. The average molecular weight is 359 g/mol. The van der Waals surface area contributed by atoms with Gasteiger partial charge in [0.25, 0.3) is 0 Å². The Hall–Kier alpha value is -3.59. The molecule has 0 saturated carbocycles. The van der Waals surface area contributed by atoms with E-state index in [-0.39, 0.29) is 0 Å². The molecule has 0 aromatic heterocycles. The van der Waals surface area contributed by atoms with Gasteiger partial charge in [0.2, 0.25) is 0 Å². The van der Waals surface area contributed by atoms with Crippen molar-refractivity contribution < 1.29 is 9.14 Å². The van der Waals surface area contributed by atoms with Crippen molar-refractivity contribution >= 4 is 29.3 Å². The molecule has 4 aromatic rings. The fraction of sp³-hybridized carbons (Fsp3) is 0. The number of benzene rings is 4. The molecular formula is C25H18BNO. The SMILES string of the molecule is C1=[N+](c2ccccc2)[B-]2(Oc3ccccc31)c1ccccc1-c1ccccc12. The number of nitrogens with zero attached hydrogens (tertiary/aromatic N) is 1. The van der Waals surface area contributed by atoms with Crippen molar-refractivity contribution in [3.05, 3.63) is 109 Å². The second-order valence-electron chi connectivity index (χ2n) is 7.45. The monoisotopic (exact) mass is 359 g/mol. The van der Waals surface area contributed by atoms with Crippen LogP contribution < -0.4 is 15.6 Å². The Morgan fingerprint density at radius 2 is 1.14 bits per heavy atom. The van der Waals surface area contributed by atoms with Crippen LogP contribution in [0.4, 0.5) is 5.69 Å². The number of hydrogen-bond donors (Lipinski definition) is 0. The van der Waals surface area contributed by atoms with Gasteiger partial charge < -0.3 is 9.14 Å². The molecule has 28 heavy (non-hydrogen) atoms. The molecule has 6 rings (SSSR count). The summed E-state index contributed by atoms with van der Waals surface area (Å²) in [5, 5.41) is 0. The van der Waals surface area contributed by atoms with E-state index in [1.807, 2.05) is 6.07 Å². The zero-order valence-corrected chi connectivity index (χ0v) is 15.3. The van der Waals surface area contributed by atoms with Gasteiger partial charge in [-0.1, -0.05) is 89.8 Å². The lowest BCUT2D eigenvalue weighted by Crippen LogP contribution is -2.69. The predicted molar refractivity (Wildman–Crippen MR) is 115 cm³/mol. The van der Waals surface area contributed by atoms with Crippen molar-refractivity contribution in [3.63, 3.8) is 0 Å². The van der Waals surface area contributed by atoms with Gasteiger partial charge in [-0.3, -0.25) is 0 Å². The van der Waals surface area contributed by atoms with Crippen LogP contribution in [-0.4, -0.2) is 17.2 Å². The van der Waals surface area contributed by atoms with Crippen LogP contribution in [0.3, 0.4) is 0 Å². The van der Waals surface area contributed by atoms with E-state index in [1.54, 1.807) is 0 Å². The van der Waals surface area contributed by atoms with E-state index in [1.165, 1.54) is 22.1 Å². The Kier molecular flexibility index (Phi) is 3.15. The van der Waals surface area contributed by atoms with E-state index in [9.17, 15) is 0 Å². The molecule has 0 atom stereocenters. The molecule has 0 saturated heterocycles. The molecule has 3 heteroatoms. The van der Waals surface area contributed by atoms with Crippen LogP contribution in [0.1, 0.15) is 5.56 Å². The molecule has 0 bridgehead atoms. The summed E-state index contributed by atoms with van der Waals surface area (Å²) in [5.74, 6) is 0.932. The Balaban J connectivity index is 1.75. The molecule has 0 N–H and O–H groups in total. The maximum atomic E-state index is 6.96. The molecule has 2 nitrogen and oxygen atoms in total. The zero-order chi connectivity index (χ0) is 18.6. The van der Waals surface area contributed by atoms with E-state index in [4.69, 9.17) is 4.65 Å². The summed E-state index contributed by atoms with van der Waals surface area (Å²) >= 11 is 0. The minimum atomic E-state index is -1.61. The lowest BCUT2D eigenvalue weighted by atomic mass is 9.43. The summed E-state index contributed by atoms with van der Waals surface area (Å²) in [5.41, 5.74) is 7.21. The van der Waals surface area contributed by atoms with Crippen LogP contribution in [0, 0.1) is 0 Å². The predicted octanol–water partition coefficient (Wildman–Crippen LogP) is 4.08. The standard InChI is InChI=1S/C25H18BNO/c1-2-11-20(12-3-1)27-18-19-10-4-9-17-25(19)28-26(27)23-15-7-5-13-21(23)22-14-6-8-16-24(22)26/h1-18H. The highest BCUT2D eigenvalue weighted by Crippen LogP contribution is 2.36. The molecule has 0 fully saturated rings. The zero-order valence-electron chi connectivity index (χ0n) is 15.3. The lowest BCUT2D eigenvalue weighted by Gasteiger charge is -2.39. The minimum absolute atomic E-state index is 0.932. The van der Waals surface area contributed by atoms with E-state index in [2.05, 4.69) is 108 Å². The first kappa shape index (κ1) is 15.5. The number of fused-ring (bicyclic) bond motifs is 6. The lowest BCUT2D eigenvalue weighted by molar-refractivity contribution is -0.303. The highest BCUT2D eigenvalue weighted by Gasteiger charge is 2.54. The largest absolute Gasteiger partial charge is 0.651 e. The second kappa shape index (κ2) is 5.70. The van der Waals surface area contributed by atoms with Crippen molar-refractivity contribution in [2.45, 2.75) is 0 Å². The van der Waals surface area contributed by atoms with Crippen LogP contribution in [-0.2, 0) is 0 Å². The van der Waals surface area contributed by atoms with Gasteiger partial charge in [0.1, 0.15) is 6.21 Å². The van der Waals surface area contributed by atoms with Crippen LogP contribution in [0.5, 0.6) is 5.75 Å². The van der Waals surface area contributed by atoms with E-state index in [0.717, 1.165) is 17.0 Å². The molecule has 0 unspecified atom stereocenters. The van der Waals surface area contributed by atoms with Gasteiger partial charge in [-0.15, -0.1) is 0 Å². The summed E-state index contributed by atoms with van der Waals surface area (Å²) in [7, 11) is 0. The molecule has 1 spiro atoms. The molecule has 132 valence electrons. The van der Waals surface area contributed by atoms with Crippen molar-refractivity contribution in [1.82, 2.24) is 0 Å². The number of para-hydroxylation sites is 2. The maximum Gasteiger partial charge on any atom is 0.514 e. The van der Waals surface area contributed by atoms with Crippen LogP contribution in [0.15, 0.2) is 103 Å². The number of hydrogen-bond acceptors (Lipinski definition) is 1. The van der Waals surface area contributed by atoms with Crippen molar-refractivity contribution in [3.8, 4) is 16.9 Å². The fourth-order valence-corrected chi connectivity index (χ4v) is 4.84. The van der Waals surface area contributed by atoms with Gasteiger partial charge in [0.15, 0.2) is 5.69 Å². The normalized spacial score (nSPS) is 15.2. The van der Waals surface area contributed by atoms with Crippen LogP contribution in [0.2, 0.25) is 0 Å². The quantitative estimate of drug-likeness (QED) is 0.467. The summed E-state index contributed by atoms with van der Waals surface area (Å²) in [6.07, 6.45) is 2.24. The Labute approximate surface area is 164 Å². The smallest absolute Gasteiger partial charge is 0.514 e. The minimum Gasteiger partial charge on any atom is -0.651 e. The number of rotatable bonds is 1. The highest BCUT2D eigenvalue weighted by molar-refractivity contribution is 6.96. The van der Waals surface area contributed by atoms with Crippen LogP contribution >= 0.6 is 0 Å². The molecular weight excluding hydrogens is 341 g/mol.